The highest BCUT2D eigenvalue weighted by Crippen LogP contribution is 2.30. The summed E-state index contributed by atoms with van der Waals surface area (Å²) in [5.74, 6) is -1.97. The van der Waals surface area contributed by atoms with Gasteiger partial charge in [-0.1, -0.05) is 11.6 Å². The van der Waals surface area contributed by atoms with Gasteiger partial charge in [0.1, 0.15) is 0 Å². The summed E-state index contributed by atoms with van der Waals surface area (Å²) in [6.07, 6.45) is 2.92. The van der Waals surface area contributed by atoms with Crippen LogP contribution < -0.4 is 4.90 Å². The zero-order valence-corrected chi connectivity index (χ0v) is 18.6. The van der Waals surface area contributed by atoms with Crippen LogP contribution in [0.2, 0.25) is 5.02 Å². The molecule has 7 nitrogen and oxygen atoms in total. The second kappa shape index (κ2) is 8.74. The van der Waals surface area contributed by atoms with Gasteiger partial charge in [0.25, 0.3) is 17.7 Å². The molecular weight excluding hydrogens is 432 g/mol. The van der Waals surface area contributed by atoms with Crippen LogP contribution in [0, 0.1) is 0 Å². The molecule has 166 valence electrons. The molecule has 0 spiro atoms. The van der Waals surface area contributed by atoms with Gasteiger partial charge in [-0.15, -0.1) is 0 Å². The highest BCUT2D eigenvalue weighted by atomic mass is 35.5. The van der Waals surface area contributed by atoms with Crippen LogP contribution in [0.4, 0.5) is 5.69 Å². The predicted octanol–water partition coefficient (Wildman–Crippen LogP) is 4.09. The molecule has 2 aromatic carbocycles. The SMILES string of the molecule is CC1CCCC(C)N1C(=O)COC(=O)c1ccc2c(c1)C(=O)N(c1ccc(Cl)cc1)C2=O. The number of anilines is 1. The Morgan fingerprint density at radius 3 is 2.25 bits per heavy atom. The number of amides is 3. The molecule has 4 rings (SSSR count). The summed E-state index contributed by atoms with van der Waals surface area (Å²) in [7, 11) is 0. The Hall–Kier alpha value is -3.19. The minimum absolute atomic E-state index is 0.104. The van der Waals surface area contributed by atoms with Crippen molar-refractivity contribution in [1.29, 1.82) is 0 Å². The van der Waals surface area contributed by atoms with Crippen molar-refractivity contribution >= 4 is 41.0 Å². The van der Waals surface area contributed by atoms with Gasteiger partial charge in [0.05, 0.1) is 22.4 Å². The second-order valence-electron chi connectivity index (χ2n) is 8.19. The van der Waals surface area contributed by atoms with Crippen LogP contribution in [0.25, 0.3) is 0 Å². The molecule has 2 aliphatic heterocycles. The lowest BCUT2D eigenvalue weighted by Crippen LogP contribution is -2.49. The number of hydrogen-bond acceptors (Lipinski definition) is 5. The number of piperidine rings is 1. The van der Waals surface area contributed by atoms with Crippen LogP contribution in [0.5, 0.6) is 0 Å². The first-order valence-corrected chi connectivity index (χ1v) is 10.9. The number of carbonyl (C=O) groups excluding carboxylic acids is 4. The quantitative estimate of drug-likeness (QED) is 0.513. The zero-order chi connectivity index (χ0) is 23.0. The van der Waals surface area contributed by atoms with E-state index in [-0.39, 0.29) is 41.3 Å². The summed E-state index contributed by atoms with van der Waals surface area (Å²) < 4.78 is 5.23. The number of esters is 1. The number of nitrogens with zero attached hydrogens (tertiary/aromatic N) is 2. The van der Waals surface area contributed by atoms with E-state index in [1.54, 1.807) is 29.2 Å². The van der Waals surface area contributed by atoms with Crippen molar-refractivity contribution in [2.75, 3.05) is 11.5 Å². The molecule has 0 aliphatic carbocycles. The minimum Gasteiger partial charge on any atom is -0.452 e. The Kier molecular flexibility index (Phi) is 6.02. The standard InChI is InChI=1S/C24H23ClN2O5/c1-14-4-3-5-15(2)26(14)21(28)13-32-24(31)16-6-11-19-20(12-16)23(30)27(22(19)29)18-9-7-17(25)8-10-18/h6-12,14-15H,3-5,13H2,1-2H3. The molecule has 8 heteroatoms. The van der Waals surface area contributed by atoms with Gasteiger partial charge < -0.3 is 9.64 Å². The van der Waals surface area contributed by atoms with E-state index in [2.05, 4.69) is 0 Å². The van der Waals surface area contributed by atoms with E-state index in [1.807, 2.05) is 13.8 Å². The summed E-state index contributed by atoms with van der Waals surface area (Å²) in [5, 5.41) is 0.485. The molecule has 2 heterocycles. The van der Waals surface area contributed by atoms with Crippen molar-refractivity contribution in [2.45, 2.75) is 45.2 Å². The molecule has 0 N–H and O–H groups in total. The molecule has 1 fully saturated rings. The molecule has 0 saturated carbocycles. The van der Waals surface area contributed by atoms with Gasteiger partial charge in [0.15, 0.2) is 6.61 Å². The highest BCUT2D eigenvalue weighted by molar-refractivity contribution is 6.35. The average Bonchev–Trinajstić information content (AvgIpc) is 3.02. The van der Waals surface area contributed by atoms with Crippen LogP contribution >= 0.6 is 11.6 Å². The van der Waals surface area contributed by atoms with Crippen LogP contribution in [0.1, 0.15) is 64.2 Å². The maximum Gasteiger partial charge on any atom is 0.338 e. The maximum atomic E-state index is 12.9. The molecule has 1 saturated heterocycles. The van der Waals surface area contributed by atoms with Gasteiger partial charge >= 0.3 is 5.97 Å². The maximum absolute atomic E-state index is 12.9. The predicted molar refractivity (Wildman–Crippen MR) is 119 cm³/mol. The summed E-state index contributed by atoms with van der Waals surface area (Å²) in [4.78, 5) is 53.6. The average molecular weight is 455 g/mol. The van der Waals surface area contributed by atoms with Crippen molar-refractivity contribution in [2.24, 2.45) is 0 Å². The second-order valence-corrected chi connectivity index (χ2v) is 8.63. The van der Waals surface area contributed by atoms with E-state index < -0.39 is 17.8 Å². The van der Waals surface area contributed by atoms with Gasteiger partial charge in [0.2, 0.25) is 0 Å². The van der Waals surface area contributed by atoms with Crippen molar-refractivity contribution in [3.63, 3.8) is 0 Å². The molecule has 2 aromatic rings. The number of hydrogen-bond donors (Lipinski definition) is 0. The van der Waals surface area contributed by atoms with Gasteiger partial charge in [-0.3, -0.25) is 14.4 Å². The zero-order valence-electron chi connectivity index (χ0n) is 17.8. The van der Waals surface area contributed by atoms with Gasteiger partial charge in [0, 0.05) is 17.1 Å². The number of carbonyl (C=O) groups is 4. The molecular formula is C24H23ClN2O5. The summed E-state index contributed by atoms with van der Waals surface area (Å²) in [6, 6.07) is 10.7. The Bertz CT molecular complexity index is 1090. The van der Waals surface area contributed by atoms with Crippen molar-refractivity contribution in [3.05, 3.63) is 64.2 Å². The van der Waals surface area contributed by atoms with Gasteiger partial charge in [-0.2, -0.15) is 0 Å². The fourth-order valence-corrected chi connectivity index (χ4v) is 4.52. The molecule has 3 amide bonds. The van der Waals surface area contributed by atoms with Gasteiger partial charge in [-0.25, -0.2) is 9.69 Å². The largest absolute Gasteiger partial charge is 0.452 e. The minimum atomic E-state index is -0.719. The lowest BCUT2D eigenvalue weighted by Gasteiger charge is -2.38. The number of imide groups is 1. The fourth-order valence-electron chi connectivity index (χ4n) is 4.39. The molecule has 32 heavy (non-hydrogen) atoms. The molecule has 2 atom stereocenters. The number of halogens is 1. The Morgan fingerprint density at radius 2 is 1.59 bits per heavy atom. The van der Waals surface area contributed by atoms with Gasteiger partial charge in [-0.05, 0) is 75.6 Å². The van der Waals surface area contributed by atoms with E-state index in [9.17, 15) is 19.2 Å². The van der Waals surface area contributed by atoms with Crippen molar-refractivity contribution in [3.8, 4) is 0 Å². The summed E-state index contributed by atoms with van der Waals surface area (Å²) in [6.45, 7) is 3.62. The Labute approximate surface area is 190 Å². The first-order valence-electron chi connectivity index (χ1n) is 10.5. The third kappa shape index (κ3) is 4.00. The third-order valence-corrected chi connectivity index (χ3v) is 6.27. The number of likely N-dealkylation sites (tertiary alicyclic amines) is 1. The summed E-state index contributed by atoms with van der Waals surface area (Å²) in [5.41, 5.74) is 0.813. The van der Waals surface area contributed by atoms with Crippen molar-refractivity contribution < 1.29 is 23.9 Å². The first-order chi connectivity index (χ1) is 15.3. The number of benzene rings is 2. The number of ether oxygens (including phenoxy) is 1. The smallest absolute Gasteiger partial charge is 0.338 e. The fraction of sp³-hybridized carbons (Fsp3) is 0.333. The normalized spacial score (nSPS) is 20.3. The molecule has 0 aromatic heterocycles. The first kappa shape index (κ1) is 22.0. The van der Waals surface area contributed by atoms with E-state index in [0.29, 0.717) is 10.7 Å². The van der Waals surface area contributed by atoms with Crippen LogP contribution in [-0.2, 0) is 9.53 Å². The number of rotatable bonds is 4. The molecule has 0 bridgehead atoms. The van der Waals surface area contributed by atoms with Crippen LogP contribution in [0.15, 0.2) is 42.5 Å². The lowest BCUT2D eigenvalue weighted by molar-refractivity contribution is -0.140. The topological polar surface area (TPSA) is 84.0 Å². The van der Waals surface area contributed by atoms with Crippen LogP contribution in [0.3, 0.4) is 0 Å². The summed E-state index contributed by atoms with van der Waals surface area (Å²) >= 11 is 5.89. The lowest BCUT2D eigenvalue weighted by atomic mass is 9.97. The van der Waals surface area contributed by atoms with E-state index in [1.165, 1.54) is 18.2 Å². The van der Waals surface area contributed by atoms with E-state index in [0.717, 1.165) is 24.2 Å². The molecule has 2 aliphatic rings. The Morgan fingerprint density at radius 1 is 0.969 bits per heavy atom. The molecule has 0 radical (unpaired) electrons. The number of fused-ring (bicyclic) bond motifs is 1. The third-order valence-electron chi connectivity index (χ3n) is 6.02. The monoisotopic (exact) mass is 454 g/mol. The highest BCUT2D eigenvalue weighted by Gasteiger charge is 2.37. The van der Waals surface area contributed by atoms with Crippen LogP contribution in [-0.4, -0.2) is 47.3 Å². The Balaban J connectivity index is 1.47. The van der Waals surface area contributed by atoms with E-state index in [4.69, 9.17) is 16.3 Å². The van der Waals surface area contributed by atoms with E-state index >= 15 is 0 Å². The van der Waals surface area contributed by atoms with Crippen molar-refractivity contribution in [1.82, 2.24) is 4.90 Å². The molecule has 2 unspecified atom stereocenters.